The maximum Gasteiger partial charge on any atom is 0.329 e. The summed E-state index contributed by atoms with van der Waals surface area (Å²) in [6.07, 6.45) is 1.54. The minimum absolute atomic E-state index is 0.0610. The normalized spacial score (nSPS) is 23.5. The molecule has 1 aromatic carbocycles. The molecule has 2 N–H and O–H groups in total. The fourth-order valence-corrected chi connectivity index (χ4v) is 5.40. The molecule has 0 radical (unpaired) electrons. The number of aliphatic carboxylic acids is 2. The Morgan fingerprint density at radius 2 is 1.81 bits per heavy atom. The van der Waals surface area contributed by atoms with Gasteiger partial charge in [0, 0.05) is 17.1 Å². The first-order valence-electron chi connectivity index (χ1n) is 10.7. The molecule has 7 nitrogen and oxygen atoms in total. The molecule has 1 saturated heterocycles. The van der Waals surface area contributed by atoms with Gasteiger partial charge in [0.15, 0.2) is 0 Å². The van der Waals surface area contributed by atoms with E-state index >= 15 is 0 Å². The van der Waals surface area contributed by atoms with E-state index in [0.717, 1.165) is 5.56 Å². The Bertz CT molecular complexity index is 994. The highest BCUT2D eigenvalue weighted by Gasteiger charge is 2.61. The fraction of sp³-hybridized carbons (Fsp3) is 0.500. The third-order valence-corrected chi connectivity index (χ3v) is 6.91. The van der Waals surface area contributed by atoms with Crippen LogP contribution in [0.15, 0.2) is 35.8 Å². The van der Waals surface area contributed by atoms with E-state index in [9.17, 15) is 24.6 Å². The summed E-state index contributed by atoms with van der Waals surface area (Å²) in [5.74, 6) is -3.92. The van der Waals surface area contributed by atoms with Gasteiger partial charge in [-0.1, -0.05) is 46.8 Å². The van der Waals surface area contributed by atoms with Crippen LogP contribution in [0.25, 0.3) is 0 Å². The first-order chi connectivity index (χ1) is 14.9. The van der Waals surface area contributed by atoms with E-state index in [0.29, 0.717) is 10.6 Å². The second-order valence-corrected chi connectivity index (χ2v) is 10.8. The molecule has 172 valence electrons. The van der Waals surface area contributed by atoms with Gasteiger partial charge < -0.3 is 15.1 Å². The van der Waals surface area contributed by atoms with E-state index in [1.54, 1.807) is 23.7 Å². The molecular formula is C24H30N2O5S. The molecule has 0 bridgehead atoms. The molecule has 0 unspecified atom stereocenters. The number of carboxylic acid groups (broad SMARTS) is 2. The highest BCUT2D eigenvalue weighted by Crippen LogP contribution is 2.51. The van der Waals surface area contributed by atoms with Crippen LogP contribution in [0.1, 0.15) is 74.4 Å². The number of thiazole rings is 1. The van der Waals surface area contributed by atoms with Gasteiger partial charge in [-0.3, -0.25) is 9.59 Å². The van der Waals surface area contributed by atoms with E-state index in [1.807, 2.05) is 26.0 Å². The number of hydrogen-bond acceptors (Lipinski definition) is 5. The molecule has 1 aromatic heterocycles. The summed E-state index contributed by atoms with van der Waals surface area (Å²) in [5, 5.41) is 22.5. The molecule has 8 heteroatoms. The summed E-state index contributed by atoms with van der Waals surface area (Å²) >= 11 is 1.23. The van der Waals surface area contributed by atoms with Crippen molar-refractivity contribution >= 4 is 29.2 Å². The highest BCUT2D eigenvalue weighted by molar-refractivity contribution is 7.09. The predicted octanol–water partition coefficient (Wildman–Crippen LogP) is 4.60. The van der Waals surface area contributed by atoms with Crippen molar-refractivity contribution in [2.75, 3.05) is 0 Å². The van der Waals surface area contributed by atoms with Gasteiger partial charge in [0.1, 0.15) is 10.5 Å². The van der Waals surface area contributed by atoms with E-state index in [2.05, 4.69) is 25.8 Å². The molecule has 1 amide bonds. The second kappa shape index (κ2) is 8.65. The monoisotopic (exact) mass is 458 g/mol. The van der Waals surface area contributed by atoms with Crippen molar-refractivity contribution in [1.29, 1.82) is 0 Å². The van der Waals surface area contributed by atoms with E-state index in [4.69, 9.17) is 0 Å². The van der Waals surface area contributed by atoms with Crippen LogP contribution < -0.4 is 0 Å². The summed E-state index contributed by atoms with van der Waals surface area (Å²) in [7, 11) is 0. The van der Waals surface area contributed by atoms with Gasteiger partial charge >= 0.3 is 11.9 Å². The molecule has 0 aliphatic carbocycles. The van der Waals surface area contributed by atoms with Crippen molar-refractivity contribution in [2.45, 2.75) is 64.5 Å². The SMILES string of the molecule is CC(C)C[C@@]1(C(=O)O)C[C@H](C(=O)O)[C@H](c2nccs2)N1C(=O)c1ccc(C(C)(C)C)cc1. The van der Waals surface area contributed by atoms with Gasteiger partial charge in [-0.25, -0.2) is 9.78 Å². The molecule has 2 heterocycles. The molecule has 2 aromatic rings. The number of carbonyl (C=O) groups is 3. The van der Waals surface area contributed by atoms with Gasteiger partial charge in [0.2, 0.25) is 0 Å². The van der Waals surface area contributed by atoms with Crippen LogP contribution in [0.4, 0.5) is 0 Å². The van der Waals surface area contributed by atoms with Crippen molar-refractivity contribution in [3.05, 3.63) is 52.0 Å². The zero-order chi connectivity index (χ0) is 23.8. The van der Waals surface area contributed by atoms with Crippen LogP contribution in [-0.4, -0.2) is 43.5 Å². The fourth-order valence-electron chi connectivity index (χ4n) is 4.61. The Morgan fingerprint density at radius 3 is 2.25 bits per heavy atom. The van der Waals surface area contributed by atoms with Crippen LogP contribution >= 0.6 is 11.3 Å². The molecule has 1 aliphatic rings. The quantitative estimate of drug-likeness (QED) is 0.655. The van der Waals surface area contributed by atoms with E-state index in [-0.39, 0.29) is 24.2 Å². The maximum absolute atomic E-state index is 13.8. The Kier molecular flexibility index (Phi) is 6.47. The topological polar surface area (TPSA) is 108 Å². The Morgan fingerprint density at radius 1 is 1.19 bits per heavy atom. The van der Waals surface area contributed by atoms with E-state index in [1.165, 1.54) is 16.2 Å². The van der Waals surface area contributed by atoms with Crippen LogP contribution in [0.5, 0.6) is 0 Å². The summed E-state index contributed by atoms with van der Waals surface area (Å²) in [4.78, 5) is 44.3. The summed E-state index contributed by atoms with van der Waals surface area (Å²) < 4.78 is 0. The molecule has 0 saturated carbocycles. The van der Waals surface area contributed by atoms with Crippen molar-refractivity contribution in [3.63, 3.8) is 0 Å². The maximum atomic E-state index is 13.8. The number of hydrogen-bond donors (Lipinski definition) is 2. The average Bonchev–Trinajstić information content (AvgIpc) is 3.33. The lowest BCUT2D eigenvalue weighted by Crippen LogP contribution is -2.54. The second-order valence-electron chi connectivity index (χ2n) is 9.90. The van der Waals surface area contributed by atoms with Crippen molar-refractivity contribution in [2.24, 2.45) is 11.8 Å². The van der Waals surface area contributed by atoms with Gasteiger partial charge in [0.05, 0.1) is 12.0 Å². The smallest absolute Gasteiger partial charge is 0.329 e. The number of likely N-dealkylation sites (tertiary alicyclic amines) is 1. The molecule has 1 fully saturated rings. The Hall–Kier alpha value is -2.74. The molecule has 32 heavy (non-hydrogen) atoms. The standard InChI is InChI=1S/C24H30N2O5S/c1-14(2)12-24(22(30)31)13-17(21(28)29)18(19-25-10-11-32-19)26(24)20(27)15-6-8-16(9-7-15)23(3,4)5/h6-11,14,17-18H,12-13H2,1-5H3,(H,28,29)(H,30,31)/t17-,18+,24-/m0/s1. The number of nitrogens with zero attached hydrogens (tertiary/aromatic N) is 2. The number of aromatic nitrogens is 1. The first-order valence-corrected chi connectivity index (χ1v) is 11.6. The van der Waals surface area contributed by atoms with Crippen LogP contribution in [0.3, 0.4) is 0 Å². The Labute approximate surface area is 192 Å². The van der Waals surface area contributed by atoms with Crippen LogP contribution in [0.2, 0.25) is 0 Å². The average molecular weight is 459 g/mol. The number of amides is 1. The summed E-state index contributed by atoms with van der Waals surface area (Å²) in [5.41, 5.74) is -0.356. The lowest BCUT2D eigenvalue weighted by molar-refractivity contribution is -0.150. The van der Waals surface area contributed by atoms with Gasteiger partial charge in [0.25, 0.3) is 5.91 Å². The third kappa shape index (κ3) is 4.28. The Balaban J connectivity index is 2.17. The number of carbonyl (C=O) groups excluding carboxylic acids is 1. The third-order valence-electron chi connectivity index (χ3n) is 6.06. The van der Waals surface area contributed by atoms with Gasteiger partial charge in [-0.05, 0) is 41.9 Å². The largest absolute Gasteiger partial charge is 0.481 e. The molecule has 0 spiro atoms. The van der Waals surface area contributed by atoms with Crippen molar-refractivity contribution < 1.29 is 24.6 Å². The first kappa shape index (κ1) is 23.9. The lowest BCUT2D eigenvalue weighted by Gasteiger charge is -2.38. The predicted molar refractivity (Wildman–Crippen MR) is 122 cm³/mol. The van der Waals surface area contributed by atoms with Crippen LogP contribution in [-0.2, 0) is 15.0 Å². The minimum Gasteiger partial charge on any atom is -0.481 e. The molecule has 3 atom stereocenters. The zero-order valence-corrected chi connectivity index (χ0v) is 19.8. The lowest BCUT2D eigenvalue weighted by atomic mass is 9.83. The molecule has 3 rings (SSSR count). The zero-order valence-electron chi connectivity index (χ0n) is 19.0. The number of benzene rings is 1. The minimum atomic E-state index is -1.63. The molecule has 1 aliphatic heterocycles. The summed E-state index contributed by atoms with van der Waals surface area (Å²) in [6, 6.07) is 6.16. The van der Waals surface area contributed by atoms with Crippen molar-refractivity contribution in [3.8, 4) is 0 Å². The highest BCUT2D eigenvalue weighted by atomic mass is 32.1. The molecular weight excluding hydrogens is 428 g/mol. The van der Waals surface area contributed by atoms with E-state index < -0.39 is 35.3 Å². The number of carboxylic acids is 2. The van der Waals surface area contributed by atoms with Gasteiger partial charge in [-0.15, -0.1) is 11.3 Å². The van der Waals surface area contributed by atoms with Crippen molar-refractivity contribution in [1.82, 2.24) is 9.88 Å². The summed E-state index contributed by atoms with van der Waals surface area (Å²) in [6.45, 7) is 9.95. The number of rotatable bonds is 6. The van der Waals surface area contributed by atoms with Crippen LogP contribution in [0, 0.1) is 11.8 Å². The van der Waals surface area contributed by atoms with Gasteiger partial charge in [-0.2, -0.15) is 0 Å².